The highest BCUT2D eigenvalue weighted by Crippen LogP contribution is 2.31. The van der Waals surface area contributed by atoms with Crippen molar-refractivity contribution in [2.24, 2.45) is 21.7 Å². The SMILES string of the molecule is NC(=O)c1cnc(N[C@@H]2CCCC[C@@H]2N)nc1Nc1ccc2c(c1)CN=N2. The van der Waals surface area contributed by atoms with Gasteiger partial charge < -0.3 is 22.1 Å². The molecule has 1 aliphatic carbocycles. The van der Waals surface area contributed by atoms with Gasteiger partial charge in [-0.15, -0.1) is 0 Å². The molecule has 1 fully saturated rings. The summed E-state index contributed by atoms with van der Waals surface area (Å²) in [5.74, 6) is 0.191. The number of aromatic nitrogens is 2. The average Bonchev–Trinajstić information content (AvgIpc) is 3.11. The van der Waals surface area contributed by atoms with Crippen molar-refractivity contribution >= 4 is 29.0 Å². The number of primary amides is 1. The number of nitrogens with zero attached hydrogens (tertiary/aromatic N) is 4. The lowest BCUT2D eigenvalue weighted by Crippen LogP contribution is -2.43. The highest BCUT2D eigenvalue weighted by atomic mass is 16.1. The monoisotopic (exact) mass is 366 g/mol. The third-order valence-corrected chi connectivity index (χ3v) is 4.95. The summed E-state index contributed by atoms with van der Waals surface area (Å²) in [5.41, 5.74) is 14.6. The molecule has 2 aliphatic rings. The fraction of sp³-hybridized carbons (Fsp3) is 0.389. The van der Waals surface area contributed by atoms with E-state index in [1.807, 2.05) is 18.2 Å². The summed E-state index contributed by atoms with van der Waals surface area (Å²) >= 11 is 0. The first-order valence-electron chi connectivity index (χ1n) is 9.06. The Morgan fingerprint density at radius 3 is 2.89 bits per heavy atom. The van der Waals surface area contributed by atoms with Crippen LogP contribution in [0.25, 0.3) is 0 Å². The Hall–Kier alpha value is -3.07. The van der Waals surface area contributed by atoms with Gasteiger partial charge in [0.2, 0.25) is 5.95 Å². The van der Waals surface area contributed by atoms with Gasteiger partial charge in [-0.25, -0.2) is 4.98 Å². The Kier molecular flexibility index (Phi) is 4.68. The van der Waals surface area contributed by atoms with E-state index in [1.165, 1.54) is 6.20 Å². The normalized spacial score (nSPS) is 20.9. The maximum absolute atomic E-state index is 11.8. The number of carbonyl (C=O) groups is 1. The molecule has 2 aromatic rings. The molecule has 0 unspecified atom stereocenters. The fourth-order valence-corrected chi connectivity index (χ4v) is 3.44. The molecule has 140 valence electrons. The minimum Gasteiger partial charge on any atom is -0.365 e. The highest BCUT2D eigenvalue weighted by molar-refractivity contribution is 5.98. The van der Waals surface area contributed by atoms with Crippen LogP contribution >= 0.6 is 0 Å². The zero-order valence-corrected chi connectivity index (χ0v) is 14.9. The first-order chi connectivity index (χ1) is 13.1. The van der Waals surface area contributed by atoms with Crippen molar-refractivity contribution < 1.29 is 4.79 Å². The van der Waals surface area contributed by atoms with Gasteiger partial charge in [0.05, 0.1) is 12.2 Å². The third kappa shape index (κ3) is 3.72. The molecule has 6 N–H and O–H groups in total. The second kappa shape index (κ2) is 7.28. The summed E-state index contributed by atoms with van der Waals surface area (Å²) in [4.78, 5) is 20.5. The van der Waals surface area contributed by atoms with E-state index in [-0.39, 0.29) is 17.6 Å². The first kappa shape index (κ1) is 17.3. The Balaban J connectivity index is 1.58. The van der Waals surface area contributed by atoms with Crippen molar-refractivity contribution in [2.75, 3.05) is 10.6 Å². The molecule has 27 heavy (non-hydrogen) atoms. The molecule has 4 rings (SSSR count). The molecular weight excluding hydrogens is 344 g/mol. The van der Waals surface area contributed by atoms with E-state index in [1.54, 1.807) is 0 Å². The molecule has 1 aliphatic heterocycles. The topological polar surface area (TPSA) is 144 Å². The van der Waals surface area contributed by atoms with Crippen LogP contribution < -0.4 is 22.1 Å². The van der Waals surface area contributed by atoms with Crippen LogP contribution in [0.4, 0.5) is 23.1 Å². The van der Waals surface area contributed by atoms with Gasteiger partial charge in [-0.3, -0.25) is 4.79 Å². The summed E-state index contributed by atoms with van der Waals surface area (Å²) in [6.45, 7) is 0.545. The van der Waals surface area contributed by atoms with Crippen molar-refractivity contribution in [3.8, 4) is 0 Å². The van der Waals surface area contributed by atoms with Crippen LogP contribution in [-0.4, -0.2) is 28.0 Å². The number of carbonyl (C=O) groups excluding carboxylic acids is 1. The lowest BCUT2D eigenvalue weighted by Gasteiger charge is -2.29. The molecule has 9 heteroatoms. The van der Waals surface area contributed by atoms with Crippen LogP contribution in [0, 0.1) is 0 Å². The highest BCUT2D eigenvalue weighted by Gasteiger charge is 2.23. The van der Waals surface area contributed by atoms with Gasteiger partial charge in [0, 0.05) is 29.5 Å². The predicted molar refractivity (Wildman–Crippen MR) is 102 cm³/mol. The van der Waals surface area contributed by atoms with E-state index >= 15 is 0 Å². The maximum atomic E-state index is 11.8. The van der Waals surface area contributed by atoms with Crippen LogP contribution in [0.5, 0.6) is 0 Å². The average molecular weight is 366 g/mol. The number of rotatable bonds is 5. The minimum atomic E-state index is -0.593. The van der Waals surface area contributed by atoms with Crippen molar-refractivity contribution in [2.45, 2.75) is 44.3 Å². The van der Waals surface area contributed by atoms with E-state index < -0.39 is 5.91 Å². The first-order valence-corrected chi connectivity index (χ1v) is 9.06. The van der Waals surface area contributed by atoms with E-state index in [9.17, 15) is 4.79 Å². The van der Waals surface area contributed by atoms with Crippen LogP contribution in [0.2, 0.25) is 0 Å². The molecule has 9 nitrogen and oxygen atoms in total. The second-order valence-corrected chi connectivity index (χ2v) is 6.89. The number of nitrogens with two attached hydrogens (primary N) is 2. The largest absolute Gasteiger partial charge is 0.365 e. The molecule has 0 radical (unpaired) electrons. The lowest BCUT2D eigenvalue weighted by molar-refractivity contribution is 0.100. The summed E-state index contributed by atoms with van der Waals surface area (Å²) in [6, 6.07) is 5.86. The Labute approximate surface area is 156 Å². The van der Waals surface area contributed by atoms with E-state index in [0.29, 0.717) is 18.3 Å². The number of azo groups is 1. The van der Waals surface area contributed by atoms with Crippen molar-refractivity contribution in [3.05, 3.63) is 35.5 Å². The van der Waals surface area contributed by atoms with Crippen molar-refractivity contribution in [1.29, 1.82) is 0 Å². The summed E-state index contributed by atoms with van der Waals surface area (Å²) < 4.78 is 0. The van der Waals surface area contributed by atoms with Crippen LogP contribution in [-0.2, 0) is 6.54 Å². The Bertz CT molecular complexity index is 897. The van der Waals surface area contributed by atoms with Gasteiger partial charge >= 0.3 is 0 Å². The molecule has 1 aromatic heterocycles. The van der Waals surface area contributed by atoms with Gasteiger partial charge in [0.15, 0.2) is 0 Å². The van der Waals surface area contributed by atoms with E-state index in [2.05, 4.69) is 30.8 Å². The third-order valence-electron chi connectivity index (χ3n) is 4.95. The van der Waals surface area contributed by atoms with Gasteiger partial charge in [-0.1, -0.05) is 12.8 Å². The van der Waals surface area contributed by atoms with E-state index in [4.69, 9.17) is 11.5 Å². The Morgan fingerprint density at radius 2 is 2.07 bits per heavy atom. The fourth-order valence-electron chi connectivity index (χ4n) is 3.44. The van der Waals surface area contributed by atoms with Gasteiger partial charge in [0.25, 0.3) is 5.91 Å². The standard InChI is InChI=1S/C18H22N8O/c19-13-3-1-2-4-15(13)24-18-21-9-12(16(20)27)17(25-18)23-11-5-6-14-10(7-11)8-22-26-14/h5-7,9,13,15H,1-4,8,19H2,(H2,20,27)(H2,21,23,24,25)/t13-,15+/m0/s1. The molecular formula is C18H22N8O. The number of hydrogen-bond acceptors (Lipinski definition) is 8. The van der Waals surface area contributed by atoms with Crippen molar-refractivity contribution in [3.63, 3.8) is 0 Å². The van der Waals surface area contributed by atoms with Gasteiger partial charge in [-0.2, -0.15) is 15.2 Å². The number of fused-ring (bicyclic) bond motifs is 1. The number of amides is 1. The summed E-state index contributed by atoms with van der Waals surface area (Å²) in [7, 11) is 0. The molecule has 1 saturated carbocycles. The maximum Gasteiger partial charge on any atom is 0.254 e. The molecule has 0 saturated heterocycles. The molecule has 1 amide bonds. The van der Waals surface area contributed by atoms with Crippen LogP contribution in [0.3, 0.4) is 0 Å². The molecule has 0 bridgehead atoms. The zero-order chi connectivity index (χ0) is 18.8. The van der Waals surface area contributed by atoms with Crippen LogP contribution in [0.15, 0.2) is 34.6 Å². The van der Waals surface area contributed by atoms with Gasteiger partial charge in [0.1, 0.15) is 11.4 Å². The Morgan fingerprint density at radius 1 is 1.22 bits per heavy atom. The molecule has 0 spiro atoms. The second-order valence-electron chi connectivity index (χ2n) is 6.89. The quantitative estimate of drug-likeness (QED) is 0.640. The predicted octanol–water partition coefficient (Wildman–Crippen LogP) is 2.60. The number of hydrogen-bond donors (Lipinski definition) is 4. The number of nitrogens with one attached hydrogen (secondary N) is 2. The van der Waals surface area contributed by atoms with Crippen LogP contribution in [0.1, 0.15) is 41.6 Å². The smallest absolute Gasteiger partial charge is 0.254 e. The molecule has 1 aromatic carbocycles. The van der Waals surface area contributed by atoms with Gasteiger partial charge in [-0.05, 0) is 31.0 Å². The molecule has 2 atom stereocenters. The summed E-state index contributed by atoms with van der Waals surface area (Å²) in [5, 5.41) is 14.5. The zero-order valence-electron chi connectivity index (χ0n) is 14.9. The number of anilines is 3. The van der Waals surface area contributed by atoms with E-state index in [0.717, 1.165) is 42.6 Å². The lowest BCUT2D eigenvalue weighted by atomic mass is 9.91. The van der Waals surface area contributed by atoms with Crippen molar-refractivity contribution in [1.82, 2.24) is 9.97 Å². The summed E-state index contributed by atoms with van der Waals surface area (Å²) in [6.07, 6.45) is 5.66. The molecule has 2 heterocycles. The number of benzene rings is 1. The minimum absolute atomic E-state index is 0.0683.